The first-order valence-electron chi connectivity index (χ1n) is 1.84. The average Bonchev–Trinajstić information content (AvgIpc) is 1.61. The molecular weight excluding hydrogens is 130 g/mol. The van der Waals surface area contributed by atoms with Crippen molar-refractivity contribution in [2.24, 2.45) is 0 Å². The number of hydrogen-bond acceptors (Lipinski definition) is 2. The molecule has 0 aromatic rings. The van der Waals surface area contributed by atoms with E-state index in [9.17, 15) is 4.79 Å². The molecule has 0 aliphatic rings. The van der Waals surface area contributed by atoms with E-state index in [1.165, 1.54) is 0 Å². The highest BCUT2D eigenvalue weighted by Crippen LogP contribution is 1.95. The Balaban J connectivity index is 3.18. The third kappa shape index (κ3) is 5.30. The van der Waals surface area contributed by atoms with Crippen LogP contribution >= 0.6 is 11.6 Å². The van der Waals surface area contributed by atoms with Gasteiger partial charge >= 0.3 is 6.09 Å². The van der Waals surface area contributed by atoms with E-state index in [4.69, 9.17) is 17.3 Å². The van der Waals surface area contributed by atoms with Crippen molar-refractivity contribution in [3.8, 4) is 0 Å². The van der Waals surface area contributed by atoms with Gasteiger partial charge in [-0.2, -0.15) is 0 Å². The number of carbonyl (C=O) groups excluding carboxylic acids is 1. The third-order valence-electron chi connectivity index (χ3n) is 0.360. The van der Waals surface area contributed by atoms with E-state index in [0.717, 1.165) is 0 Å². The normalized spacial score (nSPS) is 8.12. The van der Waals surface area contributed by atoms with Crippen LogP contribution in [-0.4, -0.2) is 12.7 Å². The number of nitrogens with one attached hydrogen (secondary N) is 1. The van der Waals surface area contributed by atoms with Gasteiger partial charge in [0.25, 0.3) is 0 Å². The van der Waals surface area contributed by atoms with Crippen LogP contribution in [0.3, 0.4) is 0 Å². The first-order valence-corrected chi connectivity index (χ1v) is 2.22. The predicted octanol–water partition coefficient (Wildman–Crippen LogP) is 1.16. The summed E-state index contributed by atoms with van der Waals surface area (Å²) < 4.78 is 4.10. The second-order valence-electron chi connectivity index (χ2n) is 1.09. The first kappa shape index (κ1) is 7.30. The molecule has 0 atom stereocenters. The van der Waals surface area contributed by atoms with Crippen LogP contribution in [0.5, 0.6) is 0 Å². The van der Waals surface area contributed by atoms with Crippen molar-refractivity contribution < 1.29 is 9.53 Å². The lowest BCUT2D eigenvalue weighted by molar-refractivity contribution is 0.166. The highest BCUT2D eigenvalue weighted by atomic mass is 35.5. The number of amides is 1. The zero-order valence-corrected chi connectivity index (χ0v) is 4.86. The van der Waals surface area contributed by atoms with Gasteiger partial charge in [0.15, 0.2) is 0 Å². The van der Waals surface area contributed by atoms with Gasteiger partial charge in [-0.05, 0) is 0 Å². The smallest absolute Gasteiger partial charge is 0.426 e. The molecular formula is C4H5ClNO2. The van der Waals surface area contributed by atoms with Crippen LogP contribution < -0.4 is 5.73 Å². The second-order valence-corrected chi connectivity index (χ2v) is 1.63. The van der Waals surface area contributed by atoms with E-state index >= 15 is 0 Å². The monoisotopic (exact) mass is 134 g/mol. The minimum atomic E-state index is -1.09. The maximum Gasteiger partial charge on any atom is 0.426 e. The number of rotatable bonds is 2. The average molecular weight is 135 g/mol. The summed E-state index contributed by atoms with van der Waals surface area (Å²) >= 11 is 5.17. The number of carbonyl (C=O) groups is 1. The first-order chi connectivity index (χ1) is 3.63. The molecule has 4 heteroatoms. The van der Waals surface area contributed by atoms with Crippen LogP contribution in [0.15, 0.2) is 11.6 Å². The molecule has 0 saturated heterocycles. The van der Waals surface area contributed by atoms with E-state index in [-0.39, 0.29) is 11.6 Å². The summed E-state index contributed by atoms with van der Waals surface area (Å²) in [5.74, 6) is 0. The Bertz CT molecular complexity index is 98.6. The Morgan fingerprint density at radius 3 is 2.50 bits per heavy atom. The summed E-state index contributed by atoms with van der Waals surface area (Å²) in [7, 11) is 0. The number of ether oxygens (including phenoxy) is 1. The largest absolute Gasteiger partial charge is 0.443 e. The minimum absolute atomic E-state index is 0.0795. The molecule has 0 aliphatic heterocycles. The van der Waals surface area contributed by atoms with Crippen LogP contribution in [0.1, 0.15) is 0 Å². The Kier molecular flexibility index (Phi) is 3.03. The molecule has 0 aromatic heterocycles. The molecule has 0 bridgehead atoms. The number of halogens is 1. The van der Waals surface area contributed by atoms with Crippen molar-refractivity contribution in [2.75, 3.05) is 6.61 Å². The van der Waals surface area contributed by atoms with Gasteiger partial charge < -0.3 is 4.74 Å². The molecule has 8 heavy (non-hydrogen) atoms. The summed E-state index contributed by atoms with van der Waals surface area (Å²) in [4.78, 5) is 9.69. The topological polar surface area (TPSA) is 50.1 Å². The molecule has 1 radical (unpaired) electrons. The van der Waals surface area contributed by atoms with Crippen molar-refractivity contribution in [1.29, 1.82) is 0 Å². The summed E-state index contributed by atoms with van der Waals surface area (Å²) in [5, 5.41) is 0.214. The third-order valence-corrected chi connectivity index (χ3v) is 0.469. The van der Waals surface area contributed by atoms with E-state index in [1.807, 2.05) is 0 Å². The summed E-state index contributed by atoms with van der Waals surface area (Å²) in [6.07, 6.45) is -1.09. The molecule has 0 heterocycles. The van der Waals surface area contributed by atoms with Crippen LogP contribution in [-0.2, 0) is 4.74 Å². The van der Waals surface area contributed by atoms with E-state index in [2.05, 4.69) is 11.3 Å². The molecule has 0 rings (SSSR count). The number of hydrogen-bond donors (Lipinski definition) is 0. The Labute approximate surface area is 52.1 Å². The lowest BCUT2D eigenvalue weighted by Crippen LogP contribution is -2.02. The van der Waals surface area contributed by atoms with Crippen molar-refractivity contribution in [2.45, 2.75) is 0 Å². The standard InChI is InChI=1S/C4H5ClNO2/c1-3(5)2-8-4(6)7/h6H,1-2H2. The zero-order valence-electron chi connectivity index (χ0n) is 4.11. The molecule has 0 aliphatic carbocycles. The van der Waals surface area contributed by atoms with Crippen LogP contribution in [0.4, 0.5) is 4.79 Å². The highest BCUT2D eigenvalue weighted by molar-refractivity contribution is 6.29. The second kappa shape index (κ2) is 3.32. The van der Waals surface area contributed by atoms with Crippen LogP contribution in [0.25, 0.3) is 0 Å². The molecule has 0 spiro atoms. The predicted molar refractivity (Wildman–Crippen MR) is 29.4 cm³/mol. The Morgan fingerprint density at radius 1 is 1.88 bits per heavy atom. The Morgan fingerprint density at radius 2 is 2.38 bits per heavy atom. The summed E-state index contributed by atoms with van der Waals surface area (Å²) in [6, 6.07) is 0. The van der Waals surface area contributed by atoms with Gasteiger partial charge in [-0.15, -0.1) is 0 Å². The van der Waals surface area contributed by atoms with Gasteiger partial charge in [0.2, 0.25) is 0 Å². The van der Waals surface area contributed by atoms with Gasteiger partial charge in [0, 0.05) is 5.03 Å². The minimum Gasteiger partial charge on any atom is -0.443 e. The highest BCUT2D eigenvalue weighted by Gasteiger charge is 1.92. The maximum atomic E-state index is 9.69. The van der Waals surface area contributed by atoms with Crippen molar-refractivity contribution in [1.82, 2.24) is 5.73 Å². The fourth-order valence-corrected chi connectivity index (χ4v) is 0.198. The van der Waals surface area contributed by atoms with Crippen molar-refractivity contribution in [3.05, 3.63) is 11.6 Å². The van der Waals surface area contributed by atoms with Gasteiger partial charge in [0.05, 0.1) is 0 Å². The molecule has 1 amide bonds. The van der Waals surface area contributed by atoms with Gasteiger partial charge in [-0.25, -0.2) is 10.5 Å². The van der Waals surface area contributed by atoms with Crippen molar-refractivity contribution >= 4 is 17.7 Å². The van der Waals surface area contributed by atoms with Gasteiger partial charge in [-0.3, -0.25) is 0 Å². The van der Waals surface area contributed by atoms with Crippen LogP contribution in [0.2, 0.25) is 0 Å². The lowest BCUT2D eigenvalue weighted by atomic mass is 10.7. The van der Waals surface area contributed by atoms with E-state index in [0.29, 0.717) is 0 Å². The molecule has 0 fully saturated rings. The SMILES string of the molecule is C=C(Cl)COC([NH])=O. The Hall–Kier alpha value is -0.700. The fourth-order valence-electron chi connectivity index (χ4n) is 0.144. The van der Waals surface area contributed by atoms with E-state index in [1.54, 1.807) is 0 Å². The molecule has 0 saturated carbocycles. The van der Waals surface area contributed by atoms with Gasteiger partial charge in [0.1, 0.15) is 6.61 Å². The van der Waals surface area contributed by atoms with Crippen molar-refractivity contribution in [3.63, 3.8) is 0 Å². The summed E-state index contributed by atoms with van der Waals surface area (Å²) in [5.41, 5.74) is 6.21. The zero-order chi connectivity index (χ0) is 6.57. The fraction of sp³-hybridized carbons (Fsp3) is 0.250. The lowest BCUT2D eigenvalue weighted by Gasteiger charge is -1.94. The molecule has 0 unspecified atom stereocenters. The van der Waals surface area contributed by atoms with E-state index < -0.39 is 6.09 Å². The quantitative estimate of drug-likeness (QED) is 0.569. The van der Waals surface area contributed by atoms with Crippen LogP contribution in [0, 0.1) is 0 Å². The molecule has 45 valence electrons. The van der Waals surface area contributed by atoms with Gasteiger partial charge in [-0.1, -0.05) is 18.2 Å². The molecule has 1 N–H and O–H groups in total. The maximum absolute atomic E-state index is 9.69. The molecule has 0 aromatic carbocycles. The summed E-state index contributed by atoms with van der Waals surface area (Å²) in [6.45, 7) is 3.15. The molecule has 3 nitrogen and oxygen atoms in total.